The van der Waals surface area contributed by atoms with Crippen LogP contribution in [0.5, 0.6) is 0 Å². The van der Waals surface area contributed by atoms with Gasteiger partial charge >= 0.3 is 0 Å². The Morgan fingerprint density at radius 2 is 1.82 bits per heavy atom. The number of carbonyl (C=O) groups excluding carboxylic acids is 1. The minimum atomic E-state index is -1.41. The van der Waals surface area contributed by atoms with Crippen LogP contribution in [0, 0.1) is 11.3 Å². The van der Waals surface area contributed by atoms with Gasteiger partial charge in [0.1, 0.15) is 0 Å². The van der Waals surface area contributed by atoms with Crippen LogP contribution in [0.3, 0.4) is 0 Å². The molecule has 136 valence electrons. The number of imidazole rings is 1. The van der Waals surface area contributed by atoms with Crippen molar-refractivity contribution in [3.63, 3.8) is 0 Å². The molecule has 0 saturated heterocycles. The highest BCUT2D eigenvalue weighted by molar-refractivity contribution is 5.95. The second kappa shape index (κ2) is 7.35. The molecule has 1 unspecified atom stereocenters. The van der Waals surface area contributed by atoms with E-state index in [-0.39, 0.29) is 0 Å². The molecule has 0 bridgehead atoms. The Hall–Kier alpha value is -3.95. The van der Waals surface area contributed by atoms with Crippen LogP contribution in [-0.2, 0) is 4.79 Å². The number of rotatable bonds is 4. The first-order chi connectivity index (χ1) is 13.7. The maximum atomic E-state index is 12.8. The molecule has 6 heteroatoms. The standard InChI is InChI=1S/C22H16N4O2/c23-12-15-6-8-17(9-7-15)25-22(28)21(27)20-19(16-4-2-1-3-5-16)11-10-18-13-24-14-26(18)20/h1-11,13-14,21,27H,(H,25,28). The third-order valence-electron chi connectivity index (χ3n) is 4.50. The quantitative estimate of drug-likeness (QED) is 0.576. The first-order valence-corrected chi connectivity index (χ1v) is 8.67. The van der Waals surface area contributed by atoms with Gasteiger partial charge in [0.15, 0.2) is 6.10 Å². The zero-order chi connectivity index (χ0) is 19.5. The molecule has 0 aliphatic rings. The maximum absolute atomic E-state index is 12.8. The number of benzene rings is 2. The molecule has 2 aromatic carbocycles. The van der Waals surface area contributed by atoms with Crippen molar-refractivity contribution in [2.45, 2.75) is 6.10 Å². The van der Waals surface area contributed by atoms with E-state index in [0.717, 1.165) is 16.6 Å². The van der Waals surface area contributed by atoms with E-state index in [0.29, 0.717) is 16.9 Å². The summed E-state index contributed by atoms with van der Waals surface area (Å²) in [5.74, 6) is -0.567. The monoisotopic (exact) mass is 368 g/mol. The Balaban J connectivity index is 1.73. The zero-order valence-corrected chi connectivity index (χ0v) is 14.8. The van der Waals surface area contributed by atoms with Crippen molar-refractivity contribution >= 4 is 17.1 Å². The molecule has 2 aromatic heterocycles. The van der Waals surface area contributed by atoms with E-state index in [1.807, 2.05) is 48.5 Å². The topological polar surface area (TPSA) is 90.4 Å². The van der Waals surface area contributed by atoms with Gasteiger partial charge in [-0.2, -0.15) is 5.26 Å². The van der Waals surface area contributed by atoms with Crippen LogP contribution in [0.2, 0.25) is 0 Å². The summed E-state index contributed by atoms with van der Waals surface area (Å²) < 4.78 is 1.71. The number of amides is 1. The van der Waals surface area contributed by atoms with E-state index < -0.39 is 12.0 Å². The Bertz CT molecular complexity index is 1170. The number of aliphatic hydroxyl groups excluding tert-OH is 1. The fourth-order valence-corrected chi connectivity index (χ4v) is 3.12. The summed E-state index contributed by atoms with van der Waals surface area (Å²) >= 11 is 0. The minimum absolute atomic E-state index is 0.437. The summed E-state index contributed by atoms with van der Waals surface area (Å²) in [5.41, 5.74) is 3.84. The summed E-state index contributed by atoms with van der Waals surface area (Å²) in [6.07, 6.45) is 1.84. The second-order valence-electron chi connectivity index (χ2n) is 6.27. The van der Waals surface area contributed by atoms with E-state index in [9.17, 15) is 9.90 Å². The molecule has 2 N–H and O–H groups in total. The molecule has 0 spiro atoms. The fourth-order valence-electron chi connectivity index (χ4n) is 3.12. The second-order valence-corrected chi connectivity index (χ2v) is 6.27. The van der Waals surface area contributed by atoms with Crippen LogP contribution >= 0.6 is 0 Å². The van der Waals surface area contributed by atoms with Gasteiger partial charge in [-0.25, -0.2) is 4.98 Å². The predicted molar refractivity (Wildman–Crippen MR) is 105 cm³/mol. The Labute approximate surface area is 161 Å². The summed E-state index contributed by atoms with van der Waals surface area (Å²) in [6.45, 7) is 0. The van der Waals surface area contributed by atoms with Gasteiger partial charge in [0.2, 0.25) is 0 Å². The zero-order valence-electron chi connectivity index (χ0n) is 14.8. The molecule has 0 radical (unpaired) electrons. The van der Waals surface area contributed by atoms with E-state index >= 15 is 0 Å². The molecule has 1 atom stereocenters. The van der Waals surface area contributed by atoms with E-state index in [1.165, 1.54) is 0 Å². The van der Waals surface area contributed by atoms with Crippen molar-refractivity contribution in [2.75, 3.05) is 5.32 Å². The number of aromatic nitrogens is 2. The number of pyridine rings is 1. The third-order valence-corrected chi connectivity index (χ3v) is 4.50. The minimum Gasteiger partial charge on any atom is -0.377 e. The Morgan fingerprint density at radius 3 is 2.54 bits per heavy atom. The van der Waals surface area contributed by atoms with Crippen LogP contribution in [0.25, 0.3) is 16.6 Å². The highest BCUT2D eigenvalue weighted by Crippen LogP contribution is 2.30. The smallest absolute Gasteiger partial charge is 0.259 e. The number of nitrogens with zero attached hydrogens (tertiary/aromatic N) is 3. The van der Waals surface area contributed by atoms with Crippen molar-refractivity contribution in [1.29, 1.82) is 5.26 Å². The van der Waals surface area contributed by atoms with Crippen molar-refractivity contribution in [2.24, 2.45) is 0 Å². The fraction of sp³-hybridized carbons (Fsp3) is 0.0455. The van der Waals surface area contributed by atoms with Crippen LogP contribution in [0.1, 0.15) is 17.4 Å². The average molecular weight is 368 g/mol. The largest absolute Gasteiger partial charge is 0.377 e. The summed E-state index contributed by atoms with van der Waals surface area (Å²) in [7, 11) is 0. The molecule has 0 aliphatic carbocycles. The summed E-state index contributed by atoms with van der Waals surface area (Å²) in [5, 5.41) is 22.5. The van der Waals surface area contributed by atoms with Crippen LogP contribution in [-0.4, -0.2) is 20.4 Å². The number of aliphatic hydroxyl groups is 1. The van der Waals surface area contributed by atoms with Gasteiger partial charge in [0.05, 0.1) is 35.4 Å². The van der Waals surface area contributed by atoms with Gasteiger partial charge in [-0.05, 0) is 35.9 Å². The van der Waals surface area contributed by atoms with Gasteiger partial charge in [0.25, 0.3) is 5.91 Å². The molecule has 4 aromatic rings. The third kappa shape index (κ3) is 3.22. The van der Waals surface area contributed by atoms with Gasteiger partial charge in [0, 0.05) is 11.3 Å². The maximum Gasteiger partial charge on any atom is 0.259 e. The normalized spacial score (nSPS) is 11.7. The van der Waals surface area contributed by atoms with Crippen molar-refractivity contribution in [3.05, 3.63) is 90.5 Å². The number of hydrogen-bond acceptors (Lipinski definition) is 4. The highest BCUT2D eigenvalue weighted by Gasteiger charge is 2.24. The van der Waals surface area contributed by atoms with E-state index in [4.69, 9.17) is 5.26 Å². The molecule has 0 fully saturated rings. The van der Waals surface area contributed by atoms with Gasteiger partial charge in [-0.1, -0.05) is 36.4 Å². The van der Waals surface area contributed by atoms with E-state index in [2.05, 4.69) is 10.3 Å². The first-order valence-electron chi connectivity index (χ1n) is 8.67. The van der Waals surface area contributed by atoms with E-state index in [1.54, 1.807) is 41.2 Å². The molecule has 0 saturated carbocycles. The lowest BCUT2D eigenvalue weighted by Crippen LogP contribution is -2.23. The Morgan fingerprint density at radius 1 is 1.07 bits per heavy atom. The molecule has 2 heterocycles. The number of nitrogens with one attached hydrogen (secondary N) is 1. The number of fused-ring (bicyclic) bond motifs is 1. The average Bonchev–Trinajstić information content (AvgIpc) is 3.22. The van der Waals surface area contributed by atoms with Crippen molar-refractivity contribution < 1.29 is 9.90 Å². The summed E-state index contributed by atoms with van der Waals surface area (Å²) in [4.78, 5) is 16.9. The van der Waals surface area contributed by atoms with Gasteiger partial charge < -0.3 is 10.4 Å². The van der Waals surface area contributed by atoms with Crippen molar-refractivity contribution in [3.8, 4) is 17.2 Å². The first kappa shape index (κ1) is 17.5. The highest BCUT2D eigenvalue weighted by atomic mass is 16.3. The lowest BCUT2D eigenvalue weighted by atomic mass is 10.00. The molecule has 4 rings (SSSR count). The van der Waals surface area contributed by atoms with Crippen LogP contribution in [0.15, 0.2) is 79.3 Å². The number of anilines is 1. The molecule has 0 aliphatic heterocycles. The van der Waals surface area contributed by atoms with Crippen LogP contribution < -0.4 is 5.32 Å². The molecular weight excluding hydrogens is 352 g/mol. The lowest BCUT2D eigenvalue weighted by molar-refractivity contribution is -0.124. The lowest BCUT2D eigenvalue weighted by Gasteiger charge is -2.18. The molecule has 1 amide bonds. The molecule has 6 nitrogen and oxygen atoms in total. The molecule has 28 heavy (non-hydrogen) atoms. The Kier molecular flexibility index (Phi) is 4.58. The molecular formula is C22H16N4O2. The summed E-state index contributed by atoms with van der Waals surface area (Å²) in [6, 6.07) is 21.8. The SMILES string of the molecule is N#Cc1ccc(NC(=O)C(O)c2c(-c3ccccc3)ccc3cncn23)cc1. The van der Waals surface area contributed by atoms with Crippen molar-refractivity contribution in [1.82, 2.24) is 9.38 Å². The predicted octanol–water partition coefficient (Wildman–Crippen LogP) is 3.55. The van der Waals surface area contributed by atoms with Gasteiger partial charge in [-0.15, -0.1) is 0 Å². The number of hydrogen-bond donors (Lipinski definition) is 2. The number of nitriles is 1. The number of carbonyl (C=O) groups is 1. The van der Waals surface area contributed by atoms with Gasteiger partial charge in [-0.3, -0.25) is 9.20 Å². The van der Waals surface area contributed by atoms with Crippen LogP contribution in [0.4, 0.5) is 5.69 Å².